The Bertz CT molecular complexity index is 343. The number of aryl methyl sites for hydroxylation is 1. The van der Waals surface area contributed by atoms with Crippen LogP contribution in [0.25, 0.3) is 0 Å². The zero-order valence-electron chi connectivity index (χ0n) is 9.69. The first-order valence-corrected chi connectivity index (χ1v) is 7.05. The third kappa shape index (κ3) is 2.73. The Labute approximate surface area is 105 Å². The molecule has 1 saturated heterocycles. The van der Waals surface area contributed by atoms with Crippen molar-refractivity contribution in [1.82, 2.24) is 9.97 Å². The molecular formula is C12H18BrN3. The van der Waals surface area contributed by atoms with Crippen molar-refractivity contribution in [2.75, 3.05) is 16.8 Å². The lowest BCUT2D eigenvalue weighted by Gasteiger charge is -2.29. The van der Waals surface area contributed by atoms with Crippen molar-refractivity contribution in [2.45, 2.75) is 38.6 Å². The van der Waals surface area contributed by atoms with Gasteiger partial charge in [-0.25, -0.2) is 9.97 Å². The summed E-state index contributed by atoms with van der Waals surface area (Å²) in [6.07, 6.45) is 7.05. The van der Waals surface area contributed by atoms with Gasteiger partial charge in [0.25, 0.3) is 0 Å². The molecular weight excluding hydrogens is 266 g/mol. The molecule has 1 aromatic rings. The lowest BCUT2D eigenvalue weighted by atomic mass is 10.1. The van der Waals surface area contributed by atoms with E-state index in [-0.39, 0.29) is 0 Å². The molecule has 0 saturated carbocycles. The van der Waals surface area contributed by atoms with Gasteiger partial charge in [0.2, 0.25) is 0 Å². The van der Waals surface area contributed by atoms with E-state index in [2.05, 4.69) is 30.8 Å². The molecule has 1 atom stereocenters. The molecule has 0 aliphatic carbocycles. The highest BCUT2D eigenvalue weighted by Gasteiger charge is 2.21. The lowest BCUT2D eigenvalue weighted by Crippen LogP contribution is -2.36. The minimum absolute atomic E-state index is 0.580. The molecule has 1 aliphatic heterocycles. The van der Waals surface area contributed by atoms with Gasteiger partial charge in [-0.15, -0.1) is 0 Å². The molecule has 1 aliphatic rings. The summed E-state index contributed by atoms with van der Waals surface area (Å²) in [6, 6.07) is 2.60. The SMILES string of the molecule is Cc1nccc(N2CCCCCC2CBr)n1. The molecule has 2 heterocycles. The second-order valence-electron chi connectivity index (χ2n) is 4.31. The summed E-state index contributed by atoms with van der Waals surface area (Å²) in [5.41, 5.74) is 0. The van der Waals surface area contributed by atoms with E-state index in [1.54, 1.807) is 0 Å². The number of rotatable bonds is 2. The summed E-state index contributed by atoms with van der Waals surface area (Å²) in [7, 11) is 0. The van der Waals surface area contributed by atoms with E-state index < -0.39 is 0 Å². The van der Waals surface area contributed by atoms with E-state index in [0.717, 1.165) is 23.5 Å². The smallest absolute Gasteiger partial charge is 0.132 e. The average Bonchev–Trinajstić information content (AvgIpc) is 2.53. The molecule has 2 rings (SSSR count). The molecule has 0 spiro atoms. The van der Waals surface area contributed by atoms with Gasteiger partial charge >= 0.3 is 0 Å². The van der Waals surface area contributed by atoms with E-state index >= 15 is 0 Å². The number of hydrogen-bond acceptors (Lipinski definition) is 3. The molecule has 1 aromatic heterocycles. The van der Waals surface area contributed by atoms with Crippen LogP contribution in [0.2, 0.25) is 0 Å². The largest absolute Gasteiger partial charge is 0.353 e. The highest BCUT2D eigenvalue weighted by atomic mass is 79.9. The van der Waals surface area contributed by atoms with Crippen LogP contribution < -0.4 is 4.90 Å². The molecule has 1 fully saturated rings. The van der Waals surface area contributed by atoms with Crippen LogP contribution in [0.3, 0.4) is 0 Å². The fourth-order valence-electron chi connectivity index (χ4n) is 2.24. The first kappa shape index (κ1) is 11.8. The quantitative estimate of drug-likeness (QED) is 0.782. The molecule has 1 unspecified atom stereocenters. The molecule has 16 heavy (non-hydrogen) atoms. The van der Waals surface area contributed by atoms with Crippen molar-refractivity contribution in [2.24, 2.45) is 0 Å². The Morgan fingerprint density at radius 2 is 2.31 bits per heavy atom. The fraction of sp³-hybridized carbons (Fsp3) is 0.667. The summed E-state index contributed by atoms with van der Waals surface area (Å²) in [5, 5.41) is 1.02. The Hall–Kier alpha value is -0.640. The van der Waals surface area contributed by atoms with E-state index in [1.807, 2.05) is 19.2 Å². The van der Waals surface area contributed by atoms with Gasteiger partial charge in [0.15, 0.2) is 0 Å². The van der Waals surface area contributed by atoms with E-state index in [9.17, 15) is 0 Å². The fourth-order valence-corrected chi connectivity index (χ4v) is 2.92. The maximum atomic E-state index is 4.53. The van der Waals surface area contributed by atoms with Crippen LogP contribution in [0, 0.1) is 6.92 Å². The van der Waals surface area contributed by atoms with Crippen LogP contribution in [-0.2, 0) is 0 Å². The highest BCUT2D eigenvalue weighted by Crippen LogP contribution is 2.23. The Morgan fingerprint density at radius 3 is 3.06 bits per heavy atom. The zero-order valence-corrected chi connectivity index (χ0v) is 11.3. The lowest BCUT2D eigenvalue weighted by molar-refractivity contribution is 0.620. The molecule has 4 heteroatoms. The number of nitrogens with zero attached hydrogens (tertiary/aromatic N) is 3. The molecule has 0 N–H and O–H groups in total. The van der Waals surface area contributed by atoms with Crippen molar-refractivity contribution in [1.29, 1.82) is 0 Å². The topological polar surface area (TPSA) is 29.0 Å². The van der Waals surface area contributed by atoms with Crippen molar-refractivity contribution in [3.8, 4) is 0 Å². The molecule has 0 radical (unpaired) electrons. The van der Waals surface area contributed by atoms with Crippen molar-refractivity contribution >= 4 is 21.7 Å². The molecule has 3 nitrogen and oxygen atoms in total. The summed E-state index contributed by atoms with van der Waals surface area (Å²) in [4.78, 5) is 11.1. The van der Waals surface area contributed by atoms with Crippen LogP contribution in [0.1, 0.15) is 31.5 Å². The average molecular weight is 284 g/mol. The molecule has 88 valence electrons. The van der Waals surface area contributed by atoms with Crippen molar-refractivity contribution < 1.29 is 0 Å². The number of halogens is 1. The highest BCUT2D eigenvalue weighted by molar-refractivity contribution is 9.09. The third-order valence-electron chi connectivity index (χ3n) is 3.11. The van der Waals surface area contributed by atoms with Gasteiger partial charge in [0, 0.05) is 24.1 Å². The monoisotopic (exact) mass is 283 g/mol. The van der Waals surface area contributed by atoms with Crippen molar-refractivity contribution in [3.63, 3.8) is 0 Å². The van der Waals surface area contributed by atoms with Gasteiger partial charge in [-0.1, -0.05) is 28.8 Å². The number of aromatic nitrogens is 2. The van der Waals surface area contributed by atoms with Crippen LogP contribution in [0.5, 0.6) is 0 Å². The van der Waals surface area contributed by atoms with Gasteiger partial charge < -0.3 is 4.90 Å². The maximum absolute atomic E-state index is 4.53. The first-order chi connectivity index (χ1) is 7.81. The number of hydrogen-bond donors (Lipinski definition) is 0. The zero-order chi connectivity index (χ0) is 11.4. The Balaban J connectivity index is 2.21. The first-order valence-electron chi connectivity index (χ1n) is 5.93. The van der Waals surface area contributed by atoms with Crippen LogP contribution in [-0.4, -0.2) is 27.9 Å². The third-order valence-corrected chi connectivity index (χ3v) is 3.86. The number of alkyl halides is 1. The molecule has 0 bridgehead atoms. The molecule has 0 amide bonds. The van der Waals surface area contributed by atoms with Gasteiger partial charge in [-0.2, -0.15) is 0 Å². The summed E-state index contributed by atoms with van der Waals surface area (Å²) in [6.45, 7) is 3.07. The maximum Gasteiger partial charge on any atom is 0.132 e. The Morgan fingerprint density at radius 1 is 1.44 bits per heavy atom. The minimum Gasteiger partial charge on any atom is -0.353 e. The van der Waals surface area contributed by atoms with Crippen LogP contribution >= 0.6 is 15.9 Å². The van der Waals surface area contributed by atoms with Gasteiger partial charge in [-0.05, 0) is 25.8 Å². The Kier molecular flexibility index (Phi) is 4.16. The summed E-state index contributed by atoms with van der Waals surface area (Å²) < 4.78 is 0. The molecule has 0 aromatic carbocycles. The van der Waals surface area contributed by atoms with Crippen molar-refractivity contribution in [3.05, 3.63) is 18.1 Å². The normalized spacial score (nSPS) is 21.9. The van der Waals surface area contributed by atoms with Crippen LogP contribution in [0.4, 0.5) is 5.82 Å². The minimum atomic E-state index is 0.580. The van der Waals surface area contributed by atoms with E-state index in [1.165, 1.54) is 25.7 Å². The second-order valence-corrected chi connectivity index (χ2v) is 4.96. The summed E-state index contributed by atoms with van der Waals surface area (Å²) in [5.74, 6) is 1.94. The van der Waals surface area contributed by atoms with E-state index in [0.29, 0.717) is 6.04 Å². The van der Waals surface area contributed by atoms with E-state index in [4.69, 9.17) is 0 Å². The second kappa shape index (κ2) is 5.62. The standard InChI is InChI=1S/C12H18BrN3/c1-10-14-7-6-12(15-10)16-8-4-2-3-5-11(16)9-13/h6-7,11H,2-5,8-9H2,1H3. The summed E-state index contributed by atoms with van der Waals surface area (Å²) >= 11 is 3.62. The van der Waals surface area contributed by atoms with Gasteiger partial charge in [0.1, 0.15) is 11.6 Å². The predicted molar refractivity (Wildman–Crippen MR) is 70.2 cm³/mol. The van der Waals surface area contributed by atoms with Gasteiger partial charge in [0.05, 0.1) is 0 Å². The van der Waals surface area contributed by atoms with Crippen LogP contribution in [0.15, 0.2) is 12.3 Å². The number of anilines is 1. The van der Waals surface area contributed by atoms with Gasteiger partial charge in [-0.3, -0.25) is 0 Å². The predicted octanol–water partition coefficient (Wildman–Crippen LogP) is 2.93.